The second-order valence-corrected chi connectivity index (χ2v) is 4.95. The number of anilines is 1. The van der Waals surface area contributed by atoms with Crippen molar-refractivity contribution in [2.75, 3.05) is 38.3 Å². The lowest BCUT2D eigenvalue weighted by Gasteiger charge is -2.32. The smallest absolute Gasteiger partial charge is 0.128 e. The summed E-state index contributed by atoms with van der Waals surface area (Å²) in [5.41, 5.74) is 6.75. The van der Waals surface area contributed by atoms with Crippen LogP contribution in [-0.2, 0) is 11.2 Å². The van der Waals surface area contributed by atoms with Crippen LogP contribution in [-0.4, -0.2) is 38.3 Å². The monoisotopic (exact) mass is 249 g/mol. The third-order valence-electron chi connectivity index (χ3n) is 3.58. The normalized spacial score (nSPS) is 17.1. The highest BCUT2D eigenvalue weighted by atomic mass is 16.5. The van der Waals surface area contributed by atoms with Gasteiger partial charge in [0, 0.05) is 33.0 Å². The Bertz CT molecular complexity index is 345. The fraction of sp³-hybridized carbons (Fsp3) is 0.643. The predicted molar refractivity (Wildman–Crippen MR) is 73.8 cm³/mol. The lowest BCUT2D eigenvalue weighted by atomic mass is 9.98. The molecule has 0 bridgehead atoms. The van der Waals surface area contributed by atoms with Crippen molar-refractivity contribution in [1.29, 1.82) is 0 Å². The lowest BCUT2D eigenvalue weighted by Crippen LogP contribution is -2.35. The van der Waals surface area contributed by atoms with E-state index in [1.54, 1.807) is 7.11 Å². The van der Waals surface area contributed by atoms with Crippen molar-refractivity contribution in [3.8, 4) is 0 Å². The molecule has 1 saturated heterocycles. The minimum Gasteiger partial charge on any atom is -0.384 e. The first-order valence-electron chi connectivity index (χ1n) is 6.72. The zero-order valence-corrected chi connectivity index (χ0v) is 11.1. The zero-order valence-electron chi connectivity index (χ0n) is 11.1. The largest absolute Gasteiger partial charge is 0.384 e. The molecule has 0 amide bonds. The van der Waals surface area contributed by atoms with Crippen LogP contribution in [0.3, 0.4) is 0 Å². The van der Waals surface area contributed by atoms with Gasteiger partial charge in [0.2, 0.25) is 0 Å². The van der Waals surface area contributed by atoms with Crippen LogP contribution < -0.4 is 10.6 Å². The predicted octanol–water partition coefficient (Wildman–Crippen LogP) is 1.45. The van der Waals surface area contributed by atoms with Gasteiger partial charge in [-0.3, -0.25) is 0 Å². The molecule has 4 nitrogen and oxygen atoms in total. The van der Waals surface area contributed by atoms with E-state index in [-0.39, 0.29) is 0 Å². The van der Waals surface area contributed by atoms with Crippen LogP contribution in [0.25, 0.3) is 0 Å². The molecule has 2 heterocycles. The molecule has 0 radical (unpaired) electrons. The van der Waals surface area contributed by atoms with Gasteiger partial charge in [0.25, 0.3) is 0 Å². The molecule has 4 heteroatoms. The van der Waals surface area contributed by atoms with E-state index in [0.717, 1.165) is 31.9 Å². The van der Waals surface area contributed by atoms with Gasteiger partial charge in [-0.15, -0.1) is 0 Å². The molecule has 1 fully saturated rings. The fourth-order valence-electron chi connectivity index (χ4n) is 2.48. The Hall–Kier alpha value is -1.13. The Morgan fingerprint density at radius 1 is 1.39 bits per heavy atom. The van der Waals surface area contributed by atoms with Gasteiger partial charge in [0.1, 0.15) is 5.82 Å². The second kappa shape index (κ2) is 6.71. The van der Waals surface area contributed by atoms with E-state index in [4.69, 9.17) is 10.5 Å². The molecule has 0 atom stereocenters. The fourth-order valence-corrected chi connectivity index (χ4v) is 2.48. The van der Waals surface area contributed by atoms with Crippen LogP contribution in [0, 0.1) is 5.92 Å². The first-order valence-corrected chi connectivity index (χ1v) is 6.72. The summed E-state index contributed by atoms with van der Waals surface area (Å²) in [4.78, 5) is 6.89. The van der Waals surface area contributed by atoms with Crippen molar-refractivity contribution in [2.24, 2.45) is 11.7 Å². The average Bonchev–Trinajstić information content (AvgIpc) is 2.41. The van der Waals surface area contributed by atoms with Crippen LogP contribution in [0.5, 0.6) is 0 Å². The number of rotatable bonds is 5. The highest BCUT2D eigenvalue weighted by Gasteiger charge is 2.19. The minimum atomic E-state index is 0.684. The summed E-state index contributed by atoms with van der Waals surface area (Å²) in [6, 6.07) is 4.25. The number of hydrogen-bond acceptors (Lipinski definition) is 4. The lowest BCUT2D eigenvalue weighted by molar-refractivity contribution is 0.139. The molecule has 100 valence electrons. The molecule has 0 spiro atoms. The minimum absolute atomic E-state index is 0.684. The molecule has 1 aliphatic rings. The van der Waals surface area contributed by atoms with E-state index in [2.05, 4.69) is 22.0 Å². The van der Waals surface area contributed by atoms with E-state index in [1.165, 1.54) is 18.4 Å². The number of ether oxygens (including phenoxy) is 1. The van der Waals surface area contributed by atoms with E-state index >= 15 is 0 Å². The third kappa shape index (κ3) is 3.43. The number of hydrogen-bond donors (Lipinski definition) is 1. The number of methoxy groups -OCH3 is 1. The molecule has 0 aromatic carbocycles. The van der Waals surface area contributed by atoms with Crippen LogP contribution >= 0.6 is 0 Å². The maximum Gasteiger partial charge on any atom is 0.128 e. The molecule has 1 aliphatic heterocycles. The third-order valence-corrected chi connectivity index (χ3v) is 3.58. The Balaban J connectivity index is 1.89. The maximum atomic E-state index is 5.54. The number of piperidine rings is 1. The molecule has 2 N–H and O–H groups in total. The summed E-state index contributed by atoms with van der Waals surface area (Å²) in [5.74, 6) is 1.80. The van der Waals surface area contributed by atoms with Gasteiger partial charge in [-0.2, -0.15) is 0 Å². The van der Waals surface area contributed by atoms with Gasteiger partial charge in [-0.1, -0.05) is 6.07 Å². The van der Waals surface area contributed by atoms with Crippen molar-refractivity contribution in [2.45, 2.75) is 19.3 Å². The molecule has 2 rings (SSSR count). The molecule has 1 aromatic heterocycles. The van der Waals surface area contributed by atoms with Crippen LogP contribution in [0.15, 0.2) is 18.3 Å². The topological polar surface area (TPSA) is 51.4 Å². The molecular weight excluding hydrogens is 226 g/mol. The standard InChI is InChI=1S/C14H23N3O/c1-18-11-13-5-8-17(9-6-13)14-3-2-12(4-7-15)10-16-14/h2-3,10,13H,4-9,11,15H2,1H3. The molecule has 0 unspecified atom stereocenters. The van der Waals surface area contributed by atoms with Gasteiger partial charge < -0.3 is 15.4 Å². The molecule has 18 heavy (non-hydrogen) atoms. The van der Waals surface area contributed by atoms with Crippen molar-refractivity contribution >= 4 is 5.82 Å². The van der Waals surface area contributed by atoms with Gasteiger partial charge >= 0.3 is 0 Å². The Labute approximate surface area is 109 Å². The van der Waals surface area contributed by atoms with Crippen molar-refractivity contribution < 1.29 is 4.74 Å². The van der Waals surface area contributed by atoms with Crippen molar-refractivity contribution in [1.82, 2.24) is 4.98 Å². The van der Waals surface area contributed by atoms with Crippen LogP contribution in [0.4, 0.5) is 5.82 Å². The van der Waals surface area contributed by atoms with Gasteiger partial charge in [0.15, 0.2) is 0 Å². The van der Waals surface area contributed by atoms with Crippen molar-refractivity contribution in [3.05, 3.63) is 23.9 Å². The SMILES string of the molecule is COCC1CCN(c2ccc(CCN)cn2)CC1. The molecule has 1 aromatic rings. The quantitative estimate of drug-likeness (QED) is 0.858. The summed E-state index contributed by atoms with van der Waals surface area (Å²) in [7, 11) is 1.78. The Kier molecular flexibility index (Phi) is 4.96. The first kappa shape index (κ1) is 13.3. The highest BCUT2D eigenvalue weighted by molar-refractivity contribution is 5.39. The maximum absolute atomic E-state index is 5.54. The summed E-state index contributed by atoms with van der Waals surface area (Å²) in [6.07, 6.45) is 5.24. The number of aromatic nitrogens is 1. The van der Waals surface area contributed by atoms with E-state index in [9.17, 15) is 0 Å². The van der Waals surface area contributed by atoms with Crippen LogP contribution in [0.1, 0.15) is 18.4 Å². The van der Waals surface area contributed by atoms with E-state index in [0.29, 0.717) is 12.5 Å². The molecule has 0 aliphatic carbocycles. The van der Waals surface area contributed by atoms with Gasteiger partial charge in [0.05, 0.1) is 0 Å². The second-order valence-electron chi connectivity index (χ2n) is 4.95. The van der Waals surface area contributed by atoms with Crippen LogP contribution in [0.2, 0.25) is 0 Å². The van der Waals surface area contributed by atoms with Crippen molar-refractivity contribution in [3.63, 3.8) is 0 Å². The van der Waals surface area contributed by atoms with Gasteiger partial charge in [-0.05, 0) is 43.4 Å². The first-order chi connectivity index (χ1) is 8.83. The number of pyridine rings is 1. The molecular formula is C14H23N3O. The summed E-state index contributed by atoms with van der Waals surface area (Å²) in [5, 5.41) is 0. The Morgan fingerprint density at radius 3 is 2.72 bits per heavy atom. The number of nitrogens with zero attached hydrogens (tertiary/aromatic N) is 2. The Morgan fingerprint density at radius 2 is 2.17 bits per heavy atom. The van der Waals surface area contributed by atoms with Gasteiger partial charge in [-0.25, -0.2) is 4.98 Å². The number of nitrogens with two attached hydrogens (primary N) is 1. The molecule has 0 saturated carbocycles. The average molecular weight is 249 g/mol. The summed E-state index contributed by atoms with van der Waals surface area (Å²) < 4.78 is 5.22. The zero-order chi connectivity index (χ0) is 12.8. The summed E-state index contributed by atoms with van der Waals surface area (Å²) in [6.45, 7) is 3.73. The highest BCUT2D eigenvalue weighted by Crippen LogP contribution is 2.21. The van der Waals surface area contributed by atoms with E-state index < -0.39 is 0 Å². The van der Waals surface area contributed by atoms with E-state index in [1.807, 2.05) is 6.20 Å². The summed E-state index contributed by atoms with van der Waals surface area (Å²) >= 11 is 0.